The lowest BCUT2D eigenvalue weighted by Gasteiger charge is -2.31. The van der Waals surface area contributed by atoms with Crippen LogP contribution < -0.4 is 9.47 Å². The molecule has 1 fully saturated rings. The molecule has 198 valence electrons. The van der Waals surface area contributed by atoms with Crippen LogP contribution in [0.25, 0.3) is 11.0 Å². The van der Waals surface area contributed by atoms with Gasteiger partial charge in [0.05, 0.1) is 31.9 Å². The lowest BCUT2D eigenvalue weighted by Crippen LogP contribution is -2.43. The van der Waals surface area contributed by atoms with E-state index in [1.54, 1.807) is 59.5 Å². The average Bonchev–Trinajstić information content (AvgIpc) is 3.50. The van der Waals surface area contributed by atoms with Gasteiger partial charge in [0.25, 0.3) is 5.91 Å². The number of methoxy groups -OCH3 is 1. The highest BCUT2D eigenvalue weighted by atomic mass is 16.5. The smallest absolute Gasteiger partial charge is 0.290 e. The summed E-state index contributed by atoms with van der Waals surface area (Å²) in [6, 6.07) is 13.3. The highest BCUT2D eigenvalue weighted by molar-refractivity contribution is 6.16. The summed E-state index contributed by atoms with van der Waals surface area (Å²) in [6.45, 7) is 7.70. The molecule has 0 spiro atoms. The van der Waals surface area contributed by atoms with Gasteiger partial charge in [-0.2, -0.15) is 0 Å². The number of nitrogens with zero attached hydrogens (tertiary/aromatic N) is 2. The second kappa shape index (κ2) is 11.1. The van der Waals surface area contributed by atoms with Gasteiger partial charge in [-0.15, -0.1) is 0 Å². The number of fused-ring (bicyclic) bond motifs is 1. The van der Waals surface area contributed by atoms with Crippen LogP contribution in [-0.4, -0.2) is 79.7 Å². The number of amides is 1. The Labute approximate surface area is 220 Å². The van der Waals surface area contributed by atoms with Crippen molar-refractivity contribution in [2.45, 2.75) is 6.04 Å². The molecule has 0 bridgehead atoms. The number of morpholine rings is 1. The number of aliphatic hydroxyl groups excluding tert-OH is 1. The molecule has 3 aromatic rings. The summed E-state index contributed by atoms with van der Waals surface area (Å²) in [4.78, 5) is 30.9. The second-order valence-electron chi connectivity index (χ2n) is 9.10. The maximum absolute atomic E-state index is 13.8. The predicted octanol–water partition coefficient (Wildman–Crippen LogP) is 3.92. The third-order valence-electron chi connectivity index (χ3n) is 6.82. The number of ether oxygens (including phenoxy) is 3. The van der Waals surface area contributed by atoms with Gasteiger partial charge in [0.15, 0.2) is 22.9 Å². The largest absolute Gasteiger partial charge is 0.503 e. The number of aliphatic hydroxyl groups is 1. The molecule has 1 aromatic heterocycles. The summed E-state index contributed by atoms with van der Waals surface area (Å²) in [5.41, 5.74) is 1.08. The summed E-state index contributed by atoms with van der Waals surface area (Å²) in [5.74, 6) is -0.581. The fraction of sp³-hybridized carbons (Fsp3) is 0.310. The molecule has 2 aliphatic heterocycles. The maximum atomic E-state index is 13.8. The molecule has 0 radical (unpaired) electrons. The minimum absolute atomic E-state index is 0.0183. The van der Waals surface area contributed by atoms with E-state index in [0.29, 0.717) is 60.9 Å². The van der Waals surface area contributed by atoms with Crippen molar-refractivity contribution in [3.63, 3.8) is 0 Å². The number of carbonyl (C=O) groups is 2. The van der Waals surface area contributed by atoms with Crippen LogP contribution in [0.4, 0.5) is 0 Å². The molecule has 2 aliphatic rings. The number of rotatable bonds is 10. The molecule has 9 nitrogen and oxygen atoms in total. The van der Waals surface area contributed by atoms with Gasteiger partial charge in [-0.05, 0) is 29.8 Å². The Hall–Kier alpha value is -4.08. The molecule has 38 heavy (non-hydrogen) atoms. The number of Topliss-reactive ketones (excluding diaryl/α,β-unsaturated/α-hetero) is 1. The lowest BCUT2D eigenvalue weighted by atomic mass is 9.95. The van der Waals surface area contributed by atoms with Gasteiger partial charge in [0.1, 0.15) is 12.4 Å². The van der Waals surface area contributed by atoms with Crippen LogP contribution in [0.2, 0.25) is 0 Å². The number of benzene rings is 2. The van der Waals surface area contributed by atoms with E-state index in [9.17, 15) is 14.7 Å². The Morgan fingerprint density at radius 1 is 1.16 bits per heavy atom. The fourth-order valence-corrected chi connectivity index (χ4v) is 4.88. The summed E-state index contributed by atoms with van der Waals surface area (Å²) < 4.78 is 22.3. The quantitative estimate of drug-likeness (QED) is 0.318. The van der Waals surface area contributed by atoms with Crippen LogP contribution in [0.15, 0.2) is 76.9 Å². The number of ketones is 1. The van der Waals surface area contributed by atoms with Crippen LogP contribution in [0.3, 0.4) is 0 Å². The Kier molecular flexibility index (Phi) is 7.48. The molecule has 2 aromatic carbocycles. The minimum atomic E-state index is -0.792. The Bertz CT molecular complexity index is 1370. The third-order valence-corrected chi connectivity index (χ3v) is 6.82. The monoisotopic (exact) mass is 518 g/mol. The molecule has 1 unspecified atom stereocenters. The predicted molar refractivity (Wildman–Crippen MR) is 141 cm³/mol. The topological polar surface area (TPSA) is 102 Å². The van der Waals surface area contributed by atoms with Crippen LogP contribution in [-0.2, 0) is 9.53 Å². The van der Waals surface area contributed by atoms with Crippen molar-refractivity contribution >= 4 is 22.7 Å². The van der Waals surface area contributed by atoms with E-state index in [1.165, 1.54) is 7.11 Å². The molecule has 9 heteroatoms. The summed E-state index contributed by atoms with van der Waals surface area (Å²) in [6.07, 6.45) is 1.65. The van der Waals surface area contributed by atoms with Gasteiger partial charge in [-0.25, -0.2) is 0 Å². The van der Waals surface area contributed by atoms with Crippen LogP contribution in [0.5, 0.6) is 11.5 Å². The van der Waals surface area contributed by atoms with Gasteiger partial charge in [-0.1, -0.05) is 36.9 Å². The third kappa shape index (κ3) is 4.90. The first-order valence-electron chi connectivity index (χ1n) is 12.5. The van der Waals surface area contributed by atoms with Crippen molar-refractivity contribution in [3.05, 3.63) is 83.8 Å². The van der Waals surface area contributed by atoms with Gasteiger partial charge in [0.2, 0.25) is 5.78 Å². The molecular formula is C29H30N2O7. The molecule has 5 rings (SSSR count). The Morgan fingerprint density at radius 3 is 2.63 bits per heavy atom. The van der Waals surface area contributed by atoms with Crippen molar-refractivity contribution in [2.24, 2.45) is 0 Å². The molecule has 1 atom stereocenters. The molecule has 3 heterocycles. The summed E-state index contributed by atoms with van der Waals surface area (Å²) >= 11 is 0. The van der Waals surface area contributed by atoms with E-state index in [1.807, 2.05) is 0 Å². The van der Waals surface area contributed by atoms with Crippen molar-refractivity contribution < 1.29 is 33.3 Å². The van der Waals surface area contributed by atoms with E-state index in [-0.39, 0.29) is 11.3 Å². The number of para-hydroxylation sites is 1. The normalized spacial score (nSPS) is 18.3. The Morgan fingerprint density at radius 2 is 1.92 bits per heavy atom. The lowest BCUT2D eigenvalue weighted by molar-refractivity contribution is -0.129. The zero-order valence-electron chi connectivity index (χ0n) is 21.2. The highest BCUT2D eigenvalue weighted by Crippen LogP contribution is 2.40. The first kappa shape index (κ1) is 25.6. The summed E-state index contributed by atoms with van der Waals surface area (Å²) in [7, 11) is 1.52. The van der Waals surface area contributed by atoms with Gasteiger partial charge < -0.3 is 28.6 Å². The first-order chi connectivity index (χ1) is 18.5. The molecule has 1 saturated heterocycles. The number of hydrogen-bond acceptors (Lipinski definition) is 8. The number of hydrogen-bond donors (Lipinski definition) is 1. The van der Waals surface area contributed by atoms with Crippen molar-refractivity contribution in [1.82, 2.24) is 9.80 Å². The molecule has 1 N–H and O–H groups in total. The molecule has 0 saturated carbocycles. The maximum Gasteiger partial charge on any atom is 0.290 e. The molecule has 1 amide bonds. The first-order valence-corrected chi connectivity index (χ1v) is 12.5. The van der Waals surface area contributed by atoms with E-state index >= 15 is 0 Å². The standard InChI is InChI=1S/C29H30N2O7/c1-3-15-37-21-9-7-19(8-10-21)25-24(26(32)23-18-20-5-4-6-22(35-2)28(20)38-23)27(33)29(34)31(25)12-11-30-13-16-36-17-14-30/h3-10,18,25,33H,1,11-17H2,2H3. The SMILES string of the molecule is C=CCOc1ccc(C2C(C(=O)c3cc4cccc(OC)c4o3)=C(O)C(=O)N2CCN2CCOCC2)cc1. The molecular weight excluding hydrogens is 488 g/mol. The number of carbonyl (C=O) groups excluding carboxylic acids is 2. The van der Waals surface area contributed by atoms with Gasteiger partial charge in [-0.3, -0.25) is 14.5 Å². The van der Waals surface area contributed by atoms with Crippen molar-refractivity contribution in [2.75, 3.05) is 53.1 Å². The van der Waals surface area contributed by atoms with Crippen molar-refractivity contribution in [3.8, 4) is 11.5 Å². The van der Waals surface area contributed by atoms with Crippen molar-refractivity contribution in [1.29, 1.82) is 0 Å². The molecule has 0 aliphatic carbocycles. The number of furan rings is 1. The van der Waals surface area contributed by atoms with Crippen LogP contribution in [0, 0.1) is 0 Å². The van der Waals surface area contributed by atoms with Gasteiger partial charge >= 0.3 is 0 Å². The average molecular weight is 519 g/mol. The van der Waals surface area contributed by atoms with E-state index in [4.69, 9.17) is 18.6 Å². The summed E-state index contributed by atoms with van der Waals surface area (Å²) in [5, 5.41) is 11.7. The zero-order chi connectivity index (χ0) is 26.6. The Balaban J connectivity index is 1.50. The van der Waals surface area contributed by atoms with Crippen LogP contribution >= 0.6 is 0 Å². The highest BCUT2D eigenvalue weighted by Gasteiger charge is 2.44. The van der Waals surface area contributed by atoms with E-state index in [0.717, 1.165) is 13.1 Å². The van der Waals surface area contributed by atoms with E-state index in [2.05, 4.69) is 11.5 Å². The van der Waals surface area contributed by atoms with Gasteiger partial charge in [0, 0.05) is 31.6 Å². The fourth-order valence-electron chi connectivity index (χ4n) is 4.88. The second-order valence-corrected chi connectivity index (χ2v) is 9.10. The zero-order valence-corrected chi connectivity index (χ0v) is 21.2. The van der Waals surface area contributed by atoms with E-state index < -0.39 is 23.5 Å². The minimum Gasteiger partial charge on any atom is -0.503 e. The van der Waals surface area contributed by atoms with Crippen LogP contribution in [0.1, 0.15) is 22.2 Å².